The topological polar surface area (TPSA) is 69.6 Å². The van der Waals surface area contributed by atoms with Gasteiger partial charge in [-0.05, 0) is 32.9 Å². The number of hydrogen-bond donors (Lipinski definition) is 1. The zero-order valence-electron chi connectivity index (χ0n) is 19.2. The number of aryl methyl sites for hydroxylation is 1. The maximum absolute atomic E-state index is 12.5. The number of aliphatic imine (C=N–C) groups is 1. The summed E-state index contributed by atoms with van der Waals surface area (Å²) in [5.41, 5.74) is 1.22. The zero-order chi connectivity index (χ0) is 22.1. The van der Waals surface area contributed by atoms with Crippen LogP contribution in [0.1, 0.15) is 19.4 Å². The molecule has 0 aromatic heterocycles. The first kappa shape index (κ1) is 23.3. The predicted octanol–water partition coefficient (Wildman–Crippen LogP) is 1.20. The highest BCUT2D eigenvalue weighted by atomic mass is 16.5. The Morgan fingerprint density at radius 3 is 2.42 bits per heavy atom. The fraction of sp³-hybridized carbons (Fsp3) is 0.652. The maximum Gasteiger partial charge on any atom is 0.236 e. The minimum Gasteiger partial charge on any atom is -0.489 e. The van der Waals surface area contributed by atoms with Gasteiger partial charge in [0.2, 0.25) is 5.91 Å². The number of amides is 1. The molecule has 2 saturated heterocycles. The van der Waals surface area contributed by atoms with Crippen LogP contribution in [0, 0.1) is 6.92 Å². The fourth-order valence-corrected chi connectivity index (χ4v) is 3.75. The average molecular weight is 432 g/mol. The van der Waals surface area contributed by atoms with Gasteiger partial charge in [-0.3, -0.25) is 9.69 Å². The highest BCUT2D eigenvalue weighted by Gasteiger charge is 2.24. The van der Waals surface area contributed by atoms with E-state index >= 15 is 0 Å². The van der Waals surface area contributed by atoms with Crippen LogP contribution in [0.15, 0.2) is 29.3 Å². The number of carbonyl (C=O) groups is 1. The summed E-state index contributed by atoms with van der Waals surface area (Å²) >= 11 is 0. The Labute approximate surface area is 186 Å². The van der Waals surface area contributed by atoms with Crippen molar-refractivity contribution in [3.8, 4) is 5.75 Å². The molecule has 0 bridgehead atoms. The first-order valence-electron chi connectivity index (χ1n) is 11.4. The molecule has 1 atom stereocenters. The molecule has 172 valence electrons. The normalized spacial score (nSPS) is 19.3. The molecule has 31 heavy (non-hydrogen) atoms. The molecule has 2 aliphatic heterocycles. The molecule has 2 aliphatic rings. The summed E-state index contributed by atoms with van der Waals surface area (Å²) in [6, 6.07) is 8.10. The van der Waals surface area contributed by atoms with Crippen molar-refractivity contribution in [2.45, 2.75) is 26.9 Å². The van der Waals surface area contributed by atoms with Crippen LogP contribution < -0.4 is 10.1 Å². The van der Waals surface area contributed by atoms with E-state index in [1.165, 1.54) is 5.56 Å². The van der Waals surface area contributed by atoms with Gasteiger partial charge in [0, 0.05) is 45.8 Å². The summed E-state index contributed by atoms with van der Waals surface area (Å²) in [4.78, 5) is 23.7. The molecule has 3 rings (SSSR count). The zero-order valence-corrected chi connectivity index (χ0v) is 19.2. The van der Waals surface area contributed by atoms with E-state index in [2.05, 4.69) is 41.1 Å². The molecular weight excluding hydrogens is 394 g/mol. The highest BCUT2D eigenvalue weighted by molar-refractivity contribution is 5.80. The molecule has 0 radical (unpaired) electrons. The Hall–Kier alpha value is -2.32. The largest absolute Gasteiger partial charge is 0.489 e. The summed E-state index contributed by atoms with van der Waals surface area (Å²) in [6.07, 6.45) is -0.0104. The Bertz CT molecular complexity index is 710. The molecule has 1 amide bonds. The number of hydrogen-bond acceptors (Lipinski definition) is 5. The van der Waals surface area contributed by atoms with Crippen LogP contribution in [-0.4, -0.2) is 105 Å². The number of ether oxygens (including phenoxy) is 2. The maximum atomic E-state index is 12.5. The minimum atomic E-state index is -0.0104. The van der Waals surface area contributed by atoms with Gasteiger partial charge >= 0.3 is 0 Å². The van der Waals surface area contributed by atoms with Gasteiger partial charge in [-0.15, -0.1) is 0 Å². The smallest absolute Gasteiger partial charge is 0.236 e. The van der Waals surface area contributed by atoms with E-state index in [4.69, 9.17) is 14.5 Å². The van der Waals surface area contributed by atoms with E-state index in [1.807, 2.05) is 24.0 Å². The van der Waals surface area contributed by atoms with Crippen molar-refractivity contribution in [1.82, 2.24) is 20.0 Å². The van der Waals surface area contributed by atoms with E-state index in [0.29, 0.717) is 39.4 Å². The van der Waals surface area contributed by atoms with Crippen molar-refractivity contribution in [1.29, 1.82) is 0 Å². The summed E-state index contributed by atoms with van der Waals surface area (Å²) < 4.78 is 11.3. The Morgan fingerprint density at radius 2 is 1.77 bits per heavy atom. The van der Waals surface area contributed by atoms with Crippen molar-refractivity contribution in [3.05, 3.63) is 29.8 Å². The van der Waals surface area contributed by atoms with Crippen molar-refractivity contribution in [2.75, 3.05) is 72.1 Å². The lowest BCUT2D eigenvalue weighted by Crippen LogP contribution is -2.55. The molecule has 8 heteroatoms. The Balaban J connectivity index is 1.46. The predicted molar refractivity (Wildman–Crippen MR) is 123 cm³/mol. The fourth-order valence-electron chi connectivity index (χ4n) is 3.75. The number of piperazine rings is 1. The molecule has 8 nitrogen and oxygen atoms in total. The second kappa shape index (κ2) is 11.9. The van der Waals surface area contributed by atoms with Gasteiger partial charge in [0.1, 0.15) is 11.9 Å². The van der Waals surface area contributed by atoms with Crippen molar-refractivity contribution in [3.63, 3.8) is 0 Å². The van der Waals surface area contributed by atoms with Crippen LogP contribution in [0.25, 0.3) is 0 Å². The van der Waals surface area contributed by atoms with Crippen molar-refractivity contribution < 1.29 is 14.3 Å². The first-order chi connectivity index (χ1) is 15.0. The molecular formula is C23H37N5O3. The van der Waals surface area contributed by atoms with Gasteiger partial charge in [0.25, 0.3) is 0 Å². The van der Waals surface area contributed by atoms with Gasteiger partial charge in [-0.25, -0.2) is 4.99 Å². The molecule has 2 heterocycles. The molecule has 0 saturated carbocycles. The lowest BCUT2D eigenvalue weighted by Gasteiger charge is -2.37. The number of morpholine rings is 1. The number of nitrogens with zero attached hydrogens (tertiary/aromatic N) is 4. The molecule has 1 N–H and O–H groups in total. The molecule has 2 fully saturated rings. The molecule has 1 unspecified atom stereocenters. The molecule has 1 aromatic rings. The summed E-state index contributed by atoms with van der Waals surface area (Å²) in [6.45, 7) is 14.2. The van der Waals surface area contributed by atoms with Gasteiger partial charge < -0.3 is 24.6 Å². The second-order valence-corrected chi connectivity index (χ2v) is 8.19. The first-order valence-corrected chi connectivity index (χ1v) is 11.4. The Kier molecular flexibility index (Phi) is 8.97. The third kappa shape index (κ3) is 7.40. The average Bonchev–Trinajstić information content (AvgIpc) is 2.79. The van der Waals surface area contributed by atoms with Gasteiger partial charge in [0.05, 0.1) is 26.3 Å². The van der Waals surface area contributed by atoms with Crippen LogP contribution in [0.3, 0.4) is 0 Å². The van der Waals surface area contributed by atoms with Crippen molar-refractivity contribution >= 4 is 11.9 Å². The van der Waals surface area contributed by atoms with E-state index in [0.717, 1.165) is 44.4 Å². The summed E-state index contributed by atoms with van der Waals surface area (Å²) in [5.74, 6) is 2.00. The third-order valence-corrected chi connectivity index (χ3v) is 5.59. The molecule has 0 spiro atoms. The highest BCUT2D eigenvalue weighted by Crippen LogP contribution is 2.13. The van der Waals surface area contributed by atoms with Crippen LogP contribution in [0.4, 0.5) is 0 Å². The summed E-state index contributed by atoms with van der Waals surface area (Å²) in [5, 5.41) is 3.40. The van der Waals surface area contributed by atoms with Crippen molar-refractivity contribution in [2.24, 2.45) is 4.99 Å². The van der Waals surface area contributed by atoms with E-state index in [1.54, 1.807) is 0 Å². The minimum absolute atomic E-state index is 0.0104. The van der Waals surface area contributed by atoms with Crippen LogP contribution in [0.2, 0.25) is 0 Å². The lowest BCUT2D eigenvalue weighted by molar-refractivity contribution is -0.136. The quantitative estimate of drug-likeness (QED) is 0.517. The number of carbonyl (C=O) groups excluding carboxylic acids is 1. The van der Waals surface area contributed by atoms with E-state index in [-0.39, 0.29) is 12.0 Å². The van der Waals surface area contributed by atoms with Crippen LogP contribution in [0.5, 0.6) is 5.75 Å². The Morgan fingerprint density at radius 1 is 1.10 bits per heavy atom. The summed E-state index contributed by atoms with van der Waals surface area (Å²) in [7, 11) is 0. The number of guanidine groups is 1. The molecule has 1 aromatic carbocycles. The molecule has 0 aliphatic carbocycles. The lowest BCUT2D eigenvalue weighted by atomic mass is 10.2. The standard InChI is InChI=1S/C23H37N5O3/c1-4-24-23(25-17-20(3)31-21-7-5-19(2)6-8-21)28-11-9-26(10-12-28)18-22(29)27-13-15-30-16-14-27/h5-8,20H,4,9-18H2,1-3H3,(H,24,25). The second-order valence-electron chi connectivity index (χ2n) is 8.19. The van der Waals surface area contributed by atoms with Crippen LogP contribution in [-0.2, 0) is 9.53 Å². The SMILES string of the molecule is CCNC(=NCC(C)Oc1ccc(C)cc1)N1CCN(CC(=O)N2CCOCC2)CC1. The van der Waals surface area contributed by atoms with E-state index < -0.39 is 0 Å². The van der Waals surface area contributed by atoms with Gasteiger partial charge in [-0.1, -0.05) is 17.7 Å². The monoisotopic (exact) mass is 431 g/mol. The van der Waals surface area contributed by atoms with Gasteiger partial charge in [-0.2, -0.15) is 0 Å². The number of benzene rings is 1. The third-order valence-electron chi connectivity index (χ3n) is 5.59. The van der Waals surface area contributed by atoms with Crippen LogP contribution >= 0.6 is 0 Å². The number of rotatable bonds is 7. The number of nitrogens with one attached hydrogen (secondary N) is 1. The van der Waals surface area contributed by atoms with E-state index in [9.17, 15) is 4.79 Å². The van der Waals surface area contributed by atoms with Gasteiger partial charge in [0.15, 0.2) is 5.96 Å².